The summed E-state index contributed by atoms with van der Waals surface area (Å²) >= 11 is 0. The summed E-state index contributed by atoms with van der Waals surface area (Å²) in [7, 11) is 1.65. The van der Waals surface area contributed by atoms with Gasteiger partial charge in [-0.25, -0.2) is 0 Å². The number of nitrogens with one attached hydrogen (secondary N) is 1. The highest BCUT2D eigenvalue weighted by molar-refractivity contribution is 5.92. The first kappa shape index (κ1) is 17.4. The van der Waals surface area contributed by atoms with Gasteiger partial charge in [0.05, 0.1) is 13.2 Å². The second-order valence-corrected chi connectivity index (χ2v) is 5.37. The van der Waals surface area contributed by atoms with Crippen LogP contribution in [-0.4, -0.2) is 37.6 Å². The molecule has 1 atom stereocenters. The number of ether oxygens (including phenoxy) is 1. The van der Waals surface area contributed by atoms with Crippen LogP contribution in [0.3, 0.4) is 0 Å². The minimum Gasteiger partial charge on any atom is -0.496 e. The van der Waals surface area contributed by atoms with Crippen molar-refractivity contribution in [2.75, 3.05) is 26.7 Å². The van der Waals surface area contributed by atoms with Crippen molar-refractivity contribution in [1.82, 2.24) is 10.2 Å². The van der Waals surface area contributed by atoms with Crippen LogP contribution in [0.25, 0.3) is 0 Å². The van der Waals surface area contributed by atoms with Crippen molar-refractivity contribution in [3.05, 3.63) is 53.5 Å². The van der Waals surface area contributed by atoms with Gasteiger partial charge in [-0.1, -0.05) is 18.2 Å². The number of aryl methyl sites for hydroxylation is 1. The minimum absolute atomic E-state index is 0. The first-order valence-corrected chi connectivity index (χ1v) is 7.41. The largest absolute Gasteiger partial charge is 0.496 e. The van der Waals surface area contributed by atoms with Crippen molar-refractivity contribution < 1.29 is 13.9 Å². The predicted molar refractivity (Wildman–Crippen MR) is 90.3 cm³/mol. The molecule has 1 aliphatic heterocycles. The molecule has 1 amide bonds. The van der Waals surface area contributed by atoms with E-state index in [0.29, 0.717) is 18.8 Å². The molecule has 1 N–H and O–H groups in total. The summed E-state index contributed by atoms with van der Waals surface area (Å²) in [6.45, 7) is 3.95. The van der Waals surface area contributed by atoms with Gasteiger partial charge < -0.3 is 19.4 Å². The van der Waals surface area contributed by atoms with Crippen LogP contribution in [0, 0.1) is 6.92 Å². The Balaban J connectivity index is 0.00000192. The molecule has 0 radical (unpaired) electrons. The fourth-order valence-electron chi connectivity index (χ4n) is 2.86. The highest BCUT2D eigenvalue weighted by atomic mass is 35.5. The molecule has 1 aliphatic rings. The number of methoxy groups -OCH3 is 1. The van der Waals surface area contributed by atoms with Crippen LogP contribution >= 0.6 is 12.4 Å². The molecule has 124 valence electrons. The van der Waals surface area contributed by atoms with Crippen LogP contribution in [-0.2, 0) is 0 Å². The lowest BCUT2D eigenvalue weighted by atomic mass is 10.0. The van der Waals surface area contributed by atoms with E-state index in [-0.39, 0.29) is 24.4 Å². The number of rotatable bonds is 3. The number of carbonyl (C=O) groups excluding carboxylic acids is 1. The Hall–Kier alpha value is -1.98. The van der Waals surface area contributed by atoms with Crippen LogP contribution < -0.4 is 10.1 Å². The van der Waals surface area contributed by atoms with Gasteiger partial charge in [0.1, 0.15) is 11.5 Å². The third-order valence-electron chi connectivity index (χ3n) is 3.95. The van der Waals surface area contributed by atoms with Gasteiger partial charge in [0.25, 0.3) is 5.91 Å². The van der Waals surface area contributed by atoms with E-state index in [1.165, 1.54) is 0 Å². The number of nitrogens with zero attached hydrogens (tertiary/aromatic N) is 1. The number of hydrogen-bond acceptors (Lipinski definition) is 4. The Morgan fingerprint density at radius 3 is 2.78 bits per heavy atom. The SMILES string of the molecule is COc1ccccc1C1CNCCN1C(=O)c1ccc(C)o1.Cl. The molecule has 0 bridgehead atoms. The molecule has 5 nitrogen and oxygen atoms in total. The van der Waals surface area contributed by atoms with E-state index >= 15 is 0 Å². The average molecular weight is 337 g/mol. The third kappa shape index (κ3) is 3.51. The molecule has 6 heteroatoms. The van der Waals surface area contributed by atoms with Crippen molar-refractivity contribution >= 4 is 18.3 Å². The van der Waals surface area contributed by atoms with Gasteiger partial charge in [-0.3, -0.25) is 4.79 Å². The zero-order valence-corrected chi connectivity index (χ0v) is 14.1. The topological polar surface area (TPSA) is 54.7 Å². The number of benzene rings is 1. The molecule has 2 aromatic rings. The number of amides is 1. The number of para-hydroxylation sites is 1. The maximum Gasteiger partial charge on any atom is 0.290 e. The number of hydrogen-bond donors (Lipinski definition) is 1. The van der Waals surface area contributed by atoms with Gasteiger partial charge >= 0.3 is 0 Å². The van der Waals surface area contributed by atoms with E-state index in [4.69, 9.17) is 9.15 Å². The van der Waals surface area contributed by atoms with Crippen LogP contribution in [0.5, 0.6) is 5.75 Å². The lowest BCUT2D eigenvalue weighted by molar-refractivity contribution is 0.0597. The van der Waals surface area contributed by atoms with Crippen LogP contribution in [0.15, 0.2) is 40.8 Å². The molecule has 1 aromatic carbocycles. The number of carbonyl (C=O) groups is 1. The highest BCUT2D eigenvalue weighted by Crippen LogP contribution is 2.31. The molecule has 0 spiro atoms. The second-order valence-electron chi connectivity index (χ2n) is 5.37. The molecular weight excluding hydrogens is 316 g/mol. The Bertz CT molecular complexity index is 671. The Morgan fingerprint density at radius 2 is 2.09 bits per heavy atom. The number of halogens is 1. The first-order valence-electron chi connectivity index (χ1n) is 7.41. The Labute approximate surface area is 142 Å². The summed E-state index contributed by atoms with van der Waals surface area (Å²) in [5.74, 6) is 1.85. The van der Waals surface area contributed by atoms with Gasteiger partial charge in [0.15, 0.2) is 5.76 Å². The van der Waals surface area contributed by atoms with Crippen molar-refractivity contribution in [3.63, 3.8) is 0 Å². The first-order chi connectivity index (χ1) is 10.7. The second kappa shape index (κ2) is 7.53. The lowest BCUT2D eigenvalue weighted by Gasteiger charge is -2.36. The smallest absolute Gasteiger partial charge is 0.290 e. The summed E-state index contributed by atoms with van der Waals surface area (Å²) in [5, 5.41) is 3.35. The third-order valence-corrected chi connectivity index (χ3v) is 3.95. The van der Waals surface area contributed by atoms with Crippen LogP contribution in [0.2, 0.25) is 0 Å². The summed E-state index contributed by atoms with van der Waals surface area (Å²) in [4.78, 5) is 14.6. The van der Waals surface area contributed by atoms with E-state index in [1.807, 2.05) is 42.2 Å². The van der Waals surface area contributed by atoms with Gasteiger partial charge in [-0.2, -0.15) is 0 Å². The van der Waals surface area contributed by atoms with E-state index < -0.39 is 0 Å². The van der Waals surface area contributed by atoms with E-state index in [2.05, 4.69) is 5.32 Å². The number of piperazine rings is 1. The minimum atomic E-state index is -0.0782. The fourth-order valence-corrected chi connectivity index (χ4v) is 2.86. The zero-order chi connectivity index (χ0) is 15.5. The summed E-state index contributed by atoms with van der Waals surface area (Å²) in [5.41, 5.74) is 1.01. The summed E-state index contributed by atoms with van der Waals surface area (Å²) in [6.07, 6.45) is 0. The van der Waals surface area contributed by atoms with Gasteiger partial charge in [-0.05, 0) is 25.1 Å². The average Bonchev–Trinajstić information content (AvgIpc) is 3.00. The molecule has 1 aromatic heterocycles. The molecule has 23 heavy (non-hydrogen) atoms. The highest BCUT2D eigenvalue weighted by Gasteiger charge is 2.31. The van der Waals surface area contributed by atoms with Crippen molar-refractivity contribution in [3.8, 4) is 5.75 Å². The molecule has 0 aliphatic carbocycles. The van der Waals surface area contributed by atoms with E-state index in [9.17, 15) is 4.79 Å². The molecule has 1 saturated heterocycles. The van der Waals surface area contributed by atoms with Crippen LogP contribution in [0.4, 0.5) is 0 Å². The normalized spacial score (nSPS) is 17.5. The molecule has 1 unspecified atom stereocenters. The fraction of sp³-hybridized carbons (Fsp3) is 0.353. The van der Waals surface area contributed by atoms with Crippen molar-refractivity contribution in [1.29, 1.82) is 0 Å². The lowest BCUT2D eigenvalue weighted by Crippen LogP contribution is -2.48. The van der Waals surface area contributed by atoms with Crippen molar-refractivity contribution in [2.24, 2.45) is 0 Å². The molecule has 3 rings (SSSR count). The Kier molecular flexibility index (Phi) is 5.69. The van der Waals surface area contributed by atoms with E-state index in [0.717, 1.165) is 23.6 Å². The molecule has 2 heterocycles. The molecular formula is C17H21ClN2O3. The maximum absolute atomic E-state index is 12.8. The van der Waals surface area contributed by atoms with Crippen molar-refractivity contribution in [2.45, 2.75) is 13.0 Å². The van der Waals surface area contributed by atoms with Crippen LogP contribution in [0.1, 0.15) is 27.9 Å². The number of furan rings is 1. The Morgan fingerprint density at radius 1 is 1.30 bits per heavy atom. The van der Waals surface area contributed by atoms with Gasteiger partial charge in [0, 0.05) is 25.2 Å². The predicted octanol–water partition coefficient (Wildman–Crippen LogP) is 2.81. The maximum atomic E-state index is 12.8. The van der Waals surface area contributed by atoms with Gasteiger partial charge in [0.2, 0.25) is 0 Å². The standard InChI is InChI=1S/C17H20N2O3.ClH/c1-12-7-8-16(22-12)17(20)19-10-9-18-11-14(19)13-5-3-4-6-15(13)21-2;/h3-8,14,18H,9-11H2,1-2H3;1H. The summed E-state index contributed by atoms with van der Waals surface area (Å²) < 4.78 is 10.9. The molecule has 0 saturated carbocycles. The summed E-state index contributed by atoms with van der Waals surface area (Å²) in [6, 6.07) is 11.3. The van der Waals surface area contributed by atoms with Gasteiger partial charge in [-0.15, -0.1) is 12.4 Å². The monoisotopic (exact) mass is 336 g/mol. The quantitative estimate of drug-likeness (QED) is 0.936. The molecule has 1 fully saturated rings. The van der Waals surface area contributed by atoms with E-state index in [1.54, 1.807) is 13.2 Å². The zero-order valence-electron chi connectivity index (χ0n) is 13.2.